The fraction of sp³-hybridized carbons (Fsp3) is 0.667. The Hall–Kier alpha value is -3.71. The van der Waals surface area contributed by atoms with Gasteiger partial charge in [0.1, 0.15) is 5.54 Å². The molecule has 0 unspecified atom stereocenters. The molecule has 0 saturated heterocycles. The van der Waals surface area contributed by atoms with Crippen molar-refractivity contribution in [2.45, 2.75) is 96.9 Å². The maximum absolute atomic E-state index is 15.0. The first kappa shape index (κ1) is 36.8. The van der Waals surface area contributed by atoms with Gasteiger partial charge in [-0.2, -0.15) is 0 Å². The smallest absolute Gasteiger partial charge is 0.423 e. The van der Waals surface area contributed by atoms with Crippen molar-refractivity contribution in [1.82, 2.24) is 9.80 Å². The molecule has 2 saturated carbocycles. The molecule has 2 aliphatic carbocycles. The van der Waals surface area contributed by atoms with Crippen LogP contribution in [0.4, 0.5) is 10.5 Å². The van der Waals surface area contributed by atoms with Gasteiger partial charge in [-0.3, -0.25) is 14.9 Å². The molecule has 0 bridgehead atoms. The Morgan fingerprint density at radius 1 is 0.870 bits per heavy atom. The van der Waals surface area contributed by atoms with E-state index in [0.29, 0.717) is 13.0 Å². The van der Waals surface area contributed by atoms with Crippen LogP contribution >= 0.6 is 0 Å². The van der Waals surface area contributed by atoms with Crippen molar-refractivity contribution in [3.8, 4) is 0 Å². The van der Waals surface area contributed by atoms with E-state index in [9.17, 15) is 24.0 Å². The topological polar surface area (TPSA) is 197 Å². The van der Waals surface area contributed by atoms with Gasteiger partial charge in [-0.15, -0.1) is 0 Å². The summed E-state index contributed by atoms with van der Waals surface area (Å²) in [5, 5.41) is 2.48. The normalized spacial score (nSPS) is 16.2. The Labute approximate surface area is 269 Å². The van der Waals surface area contributed by atoms with E-state index in [1.807, 2.05) is 0 Å². The molecule has 0 atom stereocenters. The highest BCUT2D eigenvalue weighted by Crippen LogP contribution is 2.47. The van der Waals surface area contributed by atoms with Crippen LogP contribution in [0, 0.1) is 11.8 Å². The zero-order valence-electron chi connectivity index (χ0n) is 27.4. The van der Waals surface area contributed by atoms with Gasteiger partial charge < -0.3 is 34.6 Å². The summed E-state index contributed by atoms with van der Waals surface area (Å²) in [6.45, 7) is 8.57. The van der Waals surface area contributed by atoms with E-state index in [-0.39, 0.29) is 52.9 Å². The molecule has 0 radical (unpaired) electrons. The lowest BCUT2D eigenvalue weighted by Gasteiger charge is -2.53. The summed E-state index contributed by atoms with van der Waals surface area (Å²) < 4.78 is 15.6. The zero-order chi connectivity index (χ0) is 32.6. The van der Waals surface area contributed by atoms with Gasteiger partial charge in [-0.25, -0.2) is 14.4 Å². The van der Waals surface area contributed by atoms with Gasteiger partial charge in [0.05, 0.1) is 17.9 Å². The number of carbonyl (C=O) groups is 3. The van der Waals surface area contributed by atoms with E-state index in [0.717, 1.165) is 77.3 Å². The van der Waals surface area contributed by atoms with Gasteiger partial charge in [0.15, 0.2) is 11.2 Å². The summed E-state index contributed by atoms with van der Waals surface area (Å²) >= 11 is 0. The van der Waals surface area contributed by atoms with Gasteiger partial charge in [0.2, 0.25) is 5.91 Å². The van der Waals surface area contributed by atoms with Crippen molar-refractivity contribution >= 4 is 34.8 Å². The van der Waals surface area contributed by atoms with Crippen molar-refractivity contribution in [1.29, 1.82) is 0 Å². The zero-order valence-corrected chi connectivity index (χ0v) is 27.4. The van der Waals surface area contributed by atoms with Gasteiger partial charge in [-0.05, 0) is 82.6 Å². The van der Waals surface area contributed by atoms with Gasteiger partial charge in [0, 0.05) is 6.54 Å². The number of nitrogens with zero attached hydrogens (tertiary/aromatic N) is 2. The minimum atomic E-state index is -1.29. The second-order valence-corrected chi connectivity index (χ2v) is 12.1. The number of hydrogen-bond donors (Lipinski definition) is 2. The molecule has 2 aromatic rings. The second kappa shape index (κ2) is 16.7. The van der Waals surface area contributed by atoms with Crippen molar-refractivity contribution in [3.63, 3.8) is 0 Å². The number of rotatable bonds is 13. The third-order valence-corrected chi connectivity index (χ3v) is 9.70. The number of nitrogens with one attached hydrogen (secondary N) is 1. The number of nitrogens with two attached hydrogens (primary N) is 1. The molecular formula is C33H50N4O9. The van der Waals surface area contributed by atoms with E-state index in [1.54, 1.807) is 11.8 Å². The fourth-order valence-electron chi connectivity index (χ4n) is 7.57. The lowest BCUT2D eigenvalue weighted by atomic mass is 9.62. The van der Waals surface area contributed by atoms with Gasteiger partial charge >= 0.3 is 17.3 Å². The Bertz CT molecular complexity index is 1440. The number of benzene rings is 1. The van der Waals surface area contributed by atoms with Crippen LogP contribution in [-0.2, 0) is 9.53 Å². The molecule has 0 spiro atoms. The molecule has 1 heterocycles. The predicted molar refractivity (Wildman–Crippen MR) is 174 cm³/mol. The van der Waals surface area contributed by atoms with Crippen LogP contribution in [0.1, 0.15) is 102 Å². The molecule has 1 aromatic heterocycles. The number of hydrogen-bond acceptors (Lipinski definition) is 9. The standard InChI is InChI=1S/C33H48N4O8.H2O/c1-4-36(5-2)20-13-21-37(33(31(34)41,22-14-9-7-10-15-22)23-16-11-8-12-17-23)28(38)24-18-19-25(35-32(42)43-6-3)27-26(24)44-29(39)30(40)45-27;/h18-19,22-23H,4-17,20-21H2,1-3H3,(H2,34,41)(H,35,42);1H2. The average Bonchev–Trinajstić information content (AvgIpc) is 3.04. The molecule has 46 heavy (non-hydrogen) atoms. The Morgan fingerprint density at radius 2 is 1.41 bits per heavy atom. The Morgan fingerprint density at radius 3 is 1.91 bits per heavy atom. The lowest BCUT2D eigenvalue weighted by molar-refractivity contribution is -0.140. The predicted octanol–water partition coefficient (Wildman–Crippen LogP) is 4.05. The van der Waals surface area contributed by atoms with E-state index in [1.165, 1.54) is 12.1 Å². The molecule has 3 amide bonds. The molecule has 13 nitrogen and oxygen atoms in total. The monoisotopic (exact) mass is 646 g/mol. The third-order valence-electron chi connectivity index (χ3n) is 9.70. The molecule has 5 N–H and O–H groups in total. The van der Waals surface area contributed by atoms with E-state index >= 15 is 0 Å². The number of anilines is 1. The van der Waals surface area contributed by atoms with Crippen molar-refractivity contribution < 1.29 is 33.4 Å². The summed E-state index contributed by atoms with van der Waals surface area (Å²) in [6.07, 6.45) is 8.85. The first-order valence-corrected chi connectivity index (χ1v) is 16.6. The number of carbonyl (C=O) groups excluding carboxylic acids is 3. The molecule has 256 valence electrons. The van der Waals surface area contributed by atoms with Crippen LogP contribution in [0.2, 0.25) is 0 Å². The fourth-order valence-corrected chi connectivity index (χ4v) is 7.57. The van der Waals surface area contributed by atoms with Gasteiger partial charge in [0.25, 0.3) is 5.91 Å². The van der Waals surface area contributed by atoms with E-state index < -0.39 is 34.7 Å². The second-order valence-electron chi connectivity index (χ2n) is 12.1. The third kappa shape index (κ3) is 7.63. The molecule has 2 fully saturated rings. The van der Waals surface area contributed by atoms with Crippen molar-refractivity contribution in [2.24, 2.45) is 17.6 Å². The van der Waals surface area contributed by atoms with Crippen LogP contribution < -0.4 is 22.3 Å². The summed E-state index contributed by atoms with van der Waals surface area (Å²) in [7, 11) is 0. The van der Waals surface area contributed by atoms with Crippen LogP contribution in [0.3, 0.4) is 0 Å². The summed E-state index contributed by atoms with van der Waals surface area (Å²) in [5.74, 6) is -1.28. The summed E-state index contributed by atoms with van der Waals surface area (Å²) in [4.78, 5) is 69.8. The minimum Gasteiger partial charge on any atom is -0.450 e. The number of primary amides is 1. The molecular weight excluding hydrogens is 596 g/mol. The van der Waals surface area contributed by atoms with E-state index in [2.05, 4.69) is 24.1 Å². The van der Waals surface area contributed by atoms with Crippen LogP contribution in [0.15, 0.2) is 30.6 Å². The lowest BCUT2D eigenvalue weighted by Crippen LogP contribution is -2.68. The molecule has 13 heteroatoms. The summed E-state index contributed by atoms with van der Waals surface area (Å²) in [6, 6.07) is 2.82. The first-order chi connectivity index (χ1) is 21.7. The molecule has 0 aliphatic heterocycles. The Kier molecular flexibility index (Phi) is 13.4. The highest BCUT2D eigenvalue weighted by Gasteiger charge is 2.56. The van der Waals surface area contributed by atoms with Crippen LogP contribution in [0.5, 0.6) is 0 Å². The average molecular weight is 647 g/mol. The largest absolute Gasteiger partial charge is 0.450 e. The number of ether oxygens (including phenoxy) is 1. The van der Waals surface area contributed by atoms with Gasteiger partial charge in [-0.1, -0.05) is 52.4 Å². The highest BCUT2D eigenvalue weighted by molar-refractivity contribution is 6.09. The quantitative estimate of drug-likeness (QED) is 0.302. The van der Waals surface area contributed by atoms with Crippen LogP contribution in [0.25, 0.3) is 11.2 Å². The maximum atomic E-state index is 15.0. The van der Waals surface area contributed by atoms with E-state index in [4.69, 9.17) is 19.3 Å². The molecule has 4 rings (SSSR count). The minimum absolute atomic E-state index is 0. The van der Waals surface area contributed by atoms with Crippen LogP contribution in [-0.4, -0.2) is 71.5 Å². The molecule has 1 aromatic carbocycles. The first-order valence-electron chi connectivity index (χ1n) is 16.6. The number of amides is 3. The maximum Gasteiger partial charge on any atom is 0.423 e. The summed E-state index contributed by atoms with van der Waals surface area (Å²) in [5.41, 5.74) is 2.01. The van der Waals surface area contributed by atoms with Crippen molar-refractivity contribution in [3.05, 3.63) is 38.5 Å². The molecule has 2 aliphatic rings. The SMILES string of the molecule is CCOC(=O)Nc1ccc(C(=O)N(CCCN(CC)CC)C(C(N)=O)(C2CCCCC2)C2CCCCC2)c2oc(=O)c(=O)oc12.O. The van der Waals surface area contributed by atoms with Crippen molar-refractivity contribution in [2.75, 3.05) is 38.1 Å². The Balaban J connectivity index is 0.00000576. The highest BCUT2D eigenvalue weighted by atomic mass is 16.5. The number of fused-ring (bicyclic) bond motifs is 1.